The number of hydrogen-bond acceptors (Lipinski definition) is 2. The highest BCUT2D eigenvalue weighted by Gasteiger charge is 2.26. The summed E-state index contributed by atoms with van der Waals surface area (Å²) in [6.45, 7) is 10.8. The van der Waals surface area contributed by atoms with E-state index in [-0.39, 0.29) is 0 Å². The summed E-state index contributed by atoms with van der Waals surface area (Å²) in [5, 5.41) is 0. The lowest BCUT2D eigenvalue weighted by atomic mass is 9.86. The van der Waals surface area contributed by atoms with Crippen LogP contribution in [0.4, 0.5) is 0 Å². The maximum Gasteiger partial charge on any atom is 0.0263 e. The van der Waals surface area contributed by atoms with Crippen molar-refractivity contribution in [2.75, 3.05) is 20.1 Å². The lowest BCUT2D eigenvalue weighted by Gasteiger charge is -2.37. The van der Waals surface area contributed by atoms with Crippen molar-refractivity contribution in [3.8, 4) is 0 Å². The number of nitrogens with two attached hydrogens (primary N) is 1. The SMILES string of the molecule is CCCN(C)C(CN)C(C)(C)C. The summed E-state index contributed by atoms with van der Waals surface area (Å²) in [6, 6.07) is 0.498. The minimum Gasteiger partial charge on any atom is -0.329 e. The first-order chi connectivity index (χ1) is 5.43. The monoisotopic (exact) mass is 172 g/mol. The lowest BCUT2D eigenvalue weighted by Crippen LogP contribution is -2.47. The molecule has 74 valence electrons. The molecular weight excluding hydrogens is 148 g/mol. The molecule has 0 saturated carbocycles. The Balaban J connectivity index is 4.14. The minimum atomic E-state index is 0.290. The van der Waals surface area contributed by atoms with Crippen molar-refractivity contribution in [1.29, 1.82) is 0 Å². The molecule has 0 amide bonds. The van der Waals surface area contributed by atoms with E-state index in [9.17, 15) is 0 Å². The van der Waals surface area contributed by atoms with Gasteiger partial charge in [0.05, 0.1) is 0 Å². The number of likely N-dealkylation sites (N-methyl/N-ethyl adjacent to an activating group) is 1. The van der Waals surface area contributed by atoms with Gasteiger partial charge in [-0.1, -0.05) is 27.7 Å². The minimum absolute atomic E-state index is 0.290. The second-order valence-corrected chi connectivity index (χ2v) is 4.60. The van der Waals surface area contributed by atoms with E-state index in [2.05, 4.69) is 39.6 Å². The third kappa shape index (κ3) is 3.55. The standard InChI is InChI=1S/C10H24N2/c1-6-7-12(5)9(8-11)10(2,3)4/h9H,6-8,11H2,1-5H3. The fourth-order valence-electron chi connectivity index (χ4n) is 1.70. The number of rotatable bonds is 4. The third-order valence-electron chi connectivity index (χ3n) is 2.33. The van der Waals surface area contributed by atoms with Gasteiger partial charge in [-0.05, 0) is 25.4 Å². The van der Waals surface area contributed by atoms with Crippen LogP contribution in [0.2, 0.25) is 0 Å². The maximum absolute atomic E-state index is 5.75. The molecule has 0 fully saturated rings. The van der Waals surface area contributed by atoms with Gasteiger partial charge in [-0.2, -0.15) is 0 Å². The van der Waals surface area contributed by atoms with Crippen LogP contribution in [0.5, 0.6) is 0 Å². The van der Waals surface area contributed by atoms with Crippen molar-refractivity contribution in [3.05, 3.63) is 0 Å². The summed E-state index contributed by atoms with van der Waals surface area (Å²) < 4.78 is 0. The molecule has 0 aliphatic heterocycles. The van der Waals surface area contributed by atoms with Crippen molar-refractivity contribution < 1.29 is 0 Å². The predicted molar refractivity (Wildman–Crippen MR) is 55.2 cm³/mol. The molecule has 0 rings (SSSR count). The van der Waals surface area contributed by atoms with Crippen molar-refractivity contribution in [2.45, 2.75) is 40.2 Å². The quantitative estimate of drug-likeness (QED) is 0.699. The van der Waals surface area contributed by atoms with Crippen LogP contribution in [0.25, 0.3) is 0 Å². The summed E-state index contributed by atoms with van der Waals surface area (Å²) in [5.74, 6) is 0. The zero-order valence-electron chi connectivity index (χ0n) is 9.22. The van der Waals surface area contributed by atoms with Crippen molar-refractivity contribution in [2.24, 2.45) is 11.1 Å². The van der Waals surface area contributed by atoms with E-state index in [0.717, 1.165) is 13.1 Å². The van der Waals surface area contributed by atoms with Gasteiger partial charge in [-0.15, -0.1) is 0 Å². The molecule has 2 N–H and O–H groups in total. The summed E-state index contributed by atoms with van der Waals surface area (Å²) in [7, 11) is 2.16. The zero-order chi connectivity index (χ0) is 9.78. The average molecular weight is 172 g/mol. The van der Waals surface area contributed by atoms with E-state index in [1.807, 2.05) is 0 Å². The van der Waals surface area contributed by atoms with Crippen molar-refractivity contribution in [1.82, 2.24) is 4.90 Å². The molecule has 0 aromatic carbocycles. The number of nitrogens with zero attached hydrogens (tertiary/aromatic N) is 1. The largest absolute Gasteiger partial charge is 0.329 e. The molecule has 0 radical (unpaired) electrons. The first-order valence-corrected chi connectivity index (χ1v) is 4.83. The second-order valence-electron chi connectivity index (χ2n) is 4.60. The Morgan fingerprint density at radius 1 is 1.33 bits per heavy atom. The summed E-state index contributed by atoms with van der Waals surface area (Å²) in [4.78, 5) is 2.36. The van der Waals surface area contributed by atoms with Gasteiger partial charge in [0, 0.05) is 12.6 Å². The fourth-order valence-corrected chi connectivity index (χ4v) is 1.70. The fraction of sp³-hybridized carbons (Fsp3) is 1.00. The topological polar surface area (TPSA) is 29.3 Å². The van der Waals surface area contributed by atoms with Gasteiger partial charge in [-0.25, -0.2) is 0 Å². The molecule has 0 heterocycles. The Labute approximate surface area is 77.1 Å². The van der Waals surface area contributed by atoms with Crippen molar-refractivity contribution >= 4 is 0 Å². The molecule has 0 aromatic heterocycles. The molecule has 1 unspecified atom stereocenters. The summed E-state index contributed by atoms with van der Waals surface area (Å²) in [6.07, 6.45) is 1.20. The van der Waals surface area contributed by atoms with Crippen LogP contribution in [-0.4, -0.2) is 31.1 Å². The number of hydrogen-bond donors (Lipinski definition) is 1. The molecule has 1 atom stereocenters. The van der Waals surface area contributed by atoms with Gasteiger partial charge in [0.1, 0.15) is 0 Å². The zero-order valence-corrected chi connectivity index (χ0v) is 9.22. The highest BCUT2D eigenvalue weighted by atomic mass is 15.1. The van der Waals surface area contributed by atoms with Crippen LogP contribution in [0, 0.1) is 5.41 Å². The van der Waals surface area contributed by atoms with Crippen LogP contribution in [-0.2, 0) is 0 Å². The van der Waals surface area contributed by atoms with Gasteiger partial charge < -0.3 is 10.6 Å². The van der Waals surface area contributed by atoms with Crippen LogP contribution in [0.15, 0.2) is 0 Å². The molecular formula is C10H24N2. The Morgan fingerprint density at radius 2 is 1.83 bits per heavy atom. The van der Waals surface area contributed by atoms with E-state index in [0.29, 0.717) is 11.5 Å². The molecule has 0 saturated heterocycles. The van der Waals surface area contributed by atoms with Gasteiger partial charge >= 0.3 is 0 Å². The Kier molecular flexibility index (Phi) is 4.80. The first-order valence-electron chi connectivity index (χ1n) is 4.83. The van der Waals surface area contributed by atoms with E-state index in [1.54, 1.807) is 0 Å². The second kappa shape index (κ2) is 4.83. The predicted octanol–water partition coefficient (Wildman–Crippen LogP) is 1.70. The smallest absolute Gasteiger partial charge is 0.0263 e. The molecule has 0 aliphatic rings. The van der Waals surface area contributed by atoms with Crippen molar-refractivity contribution in [3.63, 3.8) is 0 Å². The molecule has 2 heteroatoms. The molecule has 12 heavy (non-hydrogen) atoms. The van der Waals surface area contributed by atoms with Gasteiger partial charge in [0.15, 0.2) is 0 Å². The van der Waals surface area contributed by atoms with Crippen LogP contribution >= 0.6 is 0 Å². The van der Waals surface area contributed by atoms with E-state index in [1.165, 1.54) is 6.42 Å². The summed E-state index contributed by atoms with van der Waals surface area (Å²) in [5.41, 5.74) is 6.04. The normalized spacial score (nSPS) is 15.2. The highest BCUT2D eigenvalue weighted by Crippen LogP contribution is 2.22. The molecule has 0 aromatic rings. The van der Waals surface area contributed by atoms with Crippen LogP contribution in [0.3, 0.4) is 0 Å². The Bertz CT molecular complexity index is 115. The highest BCUT2D eigenvalue weighted by molar-refractivity contribution is 4.81. The third-order valence-corrected chi connectivity index (χ3v) is 2.33. The maximum atomic E-state index is 5.75. The molecule has 0 bridgehead atoms. The van der Waals surface area contributed by atoms with Gasteiger partial charge in [0.25, 0.3) is 0 Å². The van der Waals surface area contributed by atoms with E-state index in [4.69, 9.17) is 5.73 Å². The average Bonchev–Trinajstić information content (AvgIpc) is 1.85. The van der Waals surface area contributed by atoms with Crippen LogP contribution < -0.4 is 5.73 Å². The van der Waals surface area contributed by atoms with Crippen LogP contribution in [0.1, 0.15) is 34.1 Å². The molecule has 2 nitrogen and oxygen atoms in total. The van der Waals surface area contributed by atoms with E-state index >= 15 is 0 Å². The van der Waals surface area contributed by atoms with Gasteiger partial charge in [-0.3, -0.25) is 0 Å². The molecule has 0 spiro atoms. The van der Waals surface area contributed by atoms with Gasteiger partial charge in [0.2, 0.25) is 0 Å². The lowest BCUT2D eigenvalue weighted by molar-refractivity contribution is 0.132. The Hall–Kier alpha value is -0.0800. The first kappa shape index (κ1) is 11.9. The van der Waals surface area contributed by atoms with E-state index < -0.39 is 0 Å². The summed E-state index contributed by atoms with van der Waals surface area (Å²) >= 11 is 0. The Morgan fingerprint density at radius 3 is 2.08 bits per heavy atom. The molecule has 0 aliphatic carbocycles.